The van der Waals surface area contributed by atoms with Gasteiger partial charge in [-0.1, -0.05) is 12.1 Å². The third-order valence-corrected chi connectivity index (χ3v) is 3.21. The number of aromatic nitrogens is 5. The van der Waals surface area contributed by atoms with Crippen molar-refractivity contribution in [3.8, 4) is 16.5 Å². The van der Waals surface area contributed by atoms with Crippen LogP contribution in [0.2, 0.25) is 0 Å². The van der Waals surface area contributed by atoms with Gasteiger partial charge in [-0.2, -0.15) is 27.2 Å². The summed E-state index contributed by atoms with van der Waals surface area (Å²) in [6.45, 7) is 0. The quantitative estimate of drug-likeness (QED) is 0.735. The number of nitrogen functional groups attached to an aromatic ring is 1. The fraction of sp³-hybridized carbons (Fsp3) is 0.0909. The Labute approximate surface area is 120 Å². The third-order valence-electron chi connectivity index (χ3n) is 2.50. The lowest BCUT2D eigenvalue weighted by molar-refractivity contribution is -0.144. The minimum Gasteiger partial charge on any atom is -0.399 e. The van der Waals surface area contributed by atoms with Gasteiger partial charge in [0.1, 0.15) is 6.33 Å². The van der Waals surface area contributed by atoms with E-state index in [1.54, 1.807) is 24.3 Å². The van der Waals surface area contributed by atoms with Crippen LogP contribution in [0.5, 0.6) is 0 Å². The first-order chi connectivity index (χ1) is 9.93. The summed E-state index contributed by atoms with van der Waals surface area (Å²) >= 11 is 0.596. The molecular weight excluding hydrogens is 305 g/mol. The summed E-state index contributed by atoms with van der Waals surface area (Å²) < 4.78 is 41.8. The van der Waals surface area contributed by atoms with Crippen molar-refractivity contribution in [2.24, 2.45) is 0 Å². The molecule has 1 aromatic carbocycles. The normalized spacial score (nSPS) is 11.8. The number of nitrogens with zero attached hydrogens (tertiary/aromatic N) is 5. The Hall–Kier alpha value is -2.49. The highest BCUT2D eigenvalue weighted by molar-refractivity contribution is 7.08. The SMILES string of the molecule is Nc1cccc(-c2ncn(-c3nc(C(F)(F)F)ns3)n2)c1. The van der Waals surface area contributed by atoms with Crippen molar-refractivity contribution in [3.63, 3.8) is 0 Å². The topological polar surface area (TPSA) is 82.5 Å². The molecule has 0 amide bonds. The summed E-state index contributed by atoms with van der Waals surface area (Å²) in [6.07, 6.45) is -3.30. The van der Waals surface area contributed by atoms with Gasteiger partial charge in [0.15, 0.2) is 5.82 Å². The summed E-state index contributed by atoms with van der Waals surface area (Å²) in [5.74, 6) is -0.852. The van der Waals surface area contributed by atoms with E-state index in [0.717, 1.165) is 4.68 Å². The Morgan fingerprint density at radius 1 is 1.24 bits per heavy atom. The predicted octanol–water partition coefficient (Wildman–Crippen LogP) is 2.39. The molecule has 0 aliphatic carbocycles. The maximum absolute atomic E-state index is 12.5. The van der Waals surface area contributed by atoms with E-state index >= 15 is 0 Å². The molecular formula is C11H7F3N6S. The van der Waals surface area contributed by atoms with Gasteiger partial charge in [0.05, 0.1) is 0 Å². The van der Waals surface area contributed by atoms with Gasteiger partial charge in [-0.05, 0) is 12.1 Å². The molecule has 0 atom stereocenters. The van der Waals surface area contributed by atoms with E-state index in [9.17, 15) is 13.2 Å². The Balaban J connectivity index is 1.93. The zero-order valence-corrected chi connectivity index (χ0v) is 11.1. The monoisotopic (exact) mass is 312 g/mol. The summed E-state index contributed by atoms with van der Waals surface area (Å²) in [7, 11) is 0. The van der Waals surface area contributed by atoms with Crippen LogP contribution in [0.1, 0.15) is 5.82 Å². The maximum Gasteiger partial charge on any atom is 0.452 e. The molecule has 0 bridgehead atoms. The van der Waals surface area contributed by atoms with Crippen LogP contribution in [0.4, 0.5) is 18.9 Å². The van der Waals surface area contributed by atoms with Crippen molar-refractivity contribution in [1.29, 1.82) is 0 Å². The molecule has 2 heterocycles. The lowest BCUT2D eigenvalue weighted by atomic mass is 10.2. The van der Waals surface area contributed by atoms with Crippen LogP contribution in [0.3, 0.4) is 0 Å². The smallest absolute Gasteiger partial charge is 0.399 e. The van der Waals surface area contributed by atoms with Crippen molar-refractivity contribution in [3.05, 3.63) is 36.4 Å². The van der Waals surface area contributed by atoms with Gasteiger partial charge in [0.2, 0.25) is 11.0 Å². The van der Waals surface area contributed by atoms with E-state index in [0.29, 0.717) is 28.6 Å². The molecule has 3 aromatic rings. The zero-order valence-electron chi connectivity index (χ0n) is 10.2. The van der Waals surface area contributed by atoms with Gasteiger partial charge in [-0.25, -0.2) is 4.98 Å². The van der Waals surface area contributed by atoms with E-state index in [1.807, 2.05) is 0 Å². The second-order valence-corrected chi connectivity index (χ2v) is 4.77. The van der Waals surface area contributed by atoms with Crippen molar-refractivity contribution in [2.45, 2.75) is 6.18 Å². The summed E-state index contributed by atoms with van der Waals surface area (Å²) in [4.78, 5) is 7.42. The number of benzene rings is 1. The first-order valence-electron chi connectivity index (χ1n) is 5.62. The Morgan fingerprint density at radius 3 is 2.71 bits per heavy atom. The molecule has 0 radical (unpaired) electrons. The first-order valence-corrected chi connectivity index (χ1v) is 6.40. The number of hydrogen-bond acceptors (Lipinski definition) is 6. The van der Waals surface area contributed by atoms with Gasteiger partial charge in [0, 0.05) is 22.8 Å². The first kappa shape index (κ1) is 13.5. The minimum atomic E-state index is -4.58. The van der Waals surface area contributed by atoms with Gasteiger partial charge in [0.25, 0.3) is 0 Å². The van der Waals surface area contributed by atoms with Crippen LogP contribution in [-0.2, 0) is 6.18 Å². The van der Waals surface area contributed by atoms with E-state index in [-0.39, 0.29) is 5.13 Å². The molecule has 0 spiro atoms. The standard InChI is InChI=1S/C11H7F3N6S/c12-11(13,14)9-17-10(21-19-9)20-5-16-8(18-20)6-2-1-3-7(15)4-6/h1-5H,15H2. The maximum atomic E-state index is 12.5. The van der Waals surface area contributed by atoms with Crippen molar-refractivity contribution < 1.29 is 13.2 Å². The molecule has 3 rings (SSSR count). The van der Waals surface area contributed by atoms with Gasteiger partial charge in [-0.3, -0.25) is 0 Å². The molecule has 0 fully saturated rings. The van der Waals surface area contributed by atoms with E-state index in [4.69, 9.17) is 5.73 Å². The van der Waals surface area contributed by atoms with E-state index < -0.39 is 12.0 Å². The number of anilines is 1. The molecule has 2 N–H and O–H groups in total. The molecule has 2 aromatic heterocycles. The Morgan fingerprint density at radius 2 is 2.05 bits per heavy atom. The predicted molar refractivity (Wildman–Crippen MR) is 69.7 cm³/mol. The number of rotatable bonds is 2. The summed E-state index contributed by atoms with van der Waals surface area (Å²) in [5, 5.41) is 4.07. The van der Waals surface area contributed by atoms with Gasteiger partial charge >= 0.3 is 6.18 Å². The summed E-state index contributed by atoms with van der Waals surface area (Å²) in [5.41, 5.74) is 6.86. The van der Waals surface area contributed by atoms with Crippen LogP contribution >= 0.6 is 11.5 Å². The lowest BCUT2D eigenvalue weighted by Gasteiger charge is -1.98. The number of nitrogens with two attached hydrogens (primary N) is 1. The van der Waals surface area contributed by atoms with Crippen LogP contribution in [0, 0.1) is 0 Å². The van der Waals surface area contributed by atoms with Gasteiger partial charge in [-0.15, -0.1) is 5.10 Å². The van der Waals surface area contributed by atoms with Crippen LogP contribution < -0.4 is 5.73 Å². The third kappa shape index (κ3) is 2.70. The van der Waals surface area contributed by atoms with Crippen LogP contribution in [-0.4, -0.2) is 24.1 Å². The highest BCUT2D eigenvalue weighted by Crippen LogP contribution is 2.28. The number of hydrogen-bond donors (Lipinski definition) is 1. The van der Waals surface area contributed by atoms with Gasteiger partial charge < -0.3 is 5.73 Å². The second-order valence-electron chi connectivity index (χ2n) is 4.04. The highest BCUT2D eigenvalue weighted by atomic mass is 32.1. The molecule has 0 aliphatic rings. The fourth-order valence-corrected chi connectivity index (χ4v) is 2.20. The molecule has 6 nitrogen and oxygen atoms in total. The molecule has 0 aliphatic heterocycles. The van der Waals surface area contributed by atoms with Crippen molar-refractivity contribution in [1.82, 2.24) is 24.1 Å². The fourth-order valence-electron chi connectivity index (χ4n) is 1.59. The van der Waals surface area contributed by atoms with Crippen LogP contribution in [0.15, 0.2) is 30.6 Å². The van der Waals surface area contributed by atoms with Crippen LogP contribution in [0.25, 0.3) is 16.5 Å². The number of alkyl halides is 3. The molecule has 0 saturated heterocycles. The average Bonchev–Trinajstić information content (AvgIpc) is 3.07. The van der Waals surface area contributed by atoms with Crippen molar-refractivity contribution in [2.75, 3.05) is 5.73 Å². The Kier molecular flexibility index (Phi) is 3.09. The zero-order chi connectivity index (χ0) is 15.0. The minimum absolute atomic E-state index is 0.00928. The number of halogens is 3. The van der Waals surface area contributed by atoms with E-state index in [1.165, 1.54) is 6.33 Å². The molecule has 108 valence electrons. The summed E-state index contributed by atoms with van der Waals surface area (Å²) in [6, 6.07) is 6.86. The molecule has 21 heavy (non-hydrogen) atoms. The largest absolute Gasteiger partial charge is 0.452 e. The second kappa shape index (κ2) is 4.81. The molecule has 0 saturated carbocycles. The van der Waals surface area contributed by atoms with E-state index in [2.05, 4.69) is 19.4 Å². The highest BCUT2D eigenvalue weighted by Gasteiger charge is 2.36. The lowest BCUT2D eigenvalue weighted by Crippen LogP contribution is -2.07. The van der Waals surface area contributed by atoms with Crippen molar-refractivity contribution >= 4 is 17.2 Å². The molecule has 10 heteroatoms. The average molecular weight is 312 g/mol. The Bertz CT molecular complexity index is 778. The molecule has 0 unspecified atom stereocenters.